The second kappa shape index (κ2) is 12.5. The molecule has 14 heteroatoms. The molecule has 7 atom stereocenters. The summed E-state index contributed by atoms with van der Waals surface area (Å²) < 4.78 is 43.1. The predicted octanol–water partition coefficient (Wildman–Crippen LogP) is -0.661. The highest BCUT2D eigenvalue weighted by Crippen LogP contribution is 2.31. The number of carbonyl (C=O) groups excluding carboxylic acids is 5. The number of hydrogen-bond acceptors (Lipinski definition) is 13. The van der Waals surface area contributed by atoms with Crippen molar-refractivity contribution in [2.75, 3.05) is 19.8 Å². The van der Waals surface area contributed by atoms with Crippen molar-refractivity contribution in [1.82, 2.24) is 0 Å². The number of nitrogens with two attached hydrogens (primary N) is 1. The molecule has 2 aliphatic rings. The second-order valence-corrected chi connectivity index (χ2v) is 7.58. The van der Waals surface area contributed by atoms with Gasteiger partial charge in [0.1, 0.15) is 24.9 Å². The van der Waals surface area contributed by atoms with Gasteiger partial charge in [0.25, 0.3) is 0 Å². The molecule has 0 spiro atoms. The summed E-state index contributed by atoms with van der Waals surface area (Å²) in [6, 6.07) is 0. The number of primary amides is 1. The number of amides is 1. The van der Waals surface area contributed by atoms with E-state index in [-0.39, 0.29) is 6.61 Å². The second-order valence-electron chi connectivity index (χ2n) is 7.58. The normalized spacial score (nSPS) is 31.0. The van der Waals surface area contributed by atoms with Gasteiger partial charge in [-0.05, 0) is 0 Å². The van der Waals surface area contributed by atoms with E-state index in [1.807, 2.05) is 0 Å². The third kappa shape index (κ3) is 8.11. The van der Waals surface area contributed by atoms with E-state index in [0.717, 1.165) is 20.8 Å². The van der Waals surface area contributed by atoms with Crippen LogP contribution in [0.2, 0.25) is 0 Å². The maximum absolute atomic E-state index is 11.8. The summed E-state index contributed by atoms with van der Waals surface area (Å²) in [5, 5.41) is 0. The standard InChI is InChI=1S/C20H29NO13/c1-9(22)28-8-15-16(30-11(3)24)17(34-20(21)26)18(31-12(4)25)19(33-15)32-14-7-27-6-5-13(14)29-10(2)23/h13-19H,5-8H2,1-4H3,(H2,21,26)/t13?,14?,15?,16-,17?,18?,19+/m1/s1. The molecule has 5 unspecified atom stereocenters. The molecule has 0 saturated carbocycles. The molecule has 0 aromatic carbocycles. The van der Waals surface area contributed by atoms with E-state index in [4.69, 9.17) is 43.6 Å². The lowest BCUT2D eigenvalue weighted by molar-refractivity contribution is -0.325. The molecule has 192 valence electrons. The molecular formula is C20H29NO13. The summed E-state index contributed by atoms with van der Waals surface area (Å²) in [4.78, 5) is 58.1. The molecule has 2 fully saturated rings. The van der Waals surface area contributed by atoms with Crippen molar-refractivity contribution in [2.24, 2.45) is 5.73 Å². The minimum Gasteiger partial charge on any atom is -0.463 e. The van der Waals surface area contributed by atoms with Crippen LogP contribution in [0.5, 0.6) is 0 Å². The SMILES string of the molecule is CC(=O)OCC1O[C@H](OC2COCCC2OC(C)=O)C(OC(C)=O)C(OC(N)=O)[C@@H]1OC(C)=O. The van der Waals surface area contributed by atoms with Crippen LogP contribution in [0.3, 0.4) is 0 Å². The molecule has 0 aliphatic carbocycles. The molecule has 2 aliphatic heterocycles. The van der Waals surface area contributed by atoms with Crippen LogP contribution < -0.4 is 5.73 Å². The molecule has 0 aromatic rings. The molecule has 1 amide bonds. The van der Waals surface area contributed by atoms with Gasteiger partial charge < -0.3 is 43.6 Å². The Balaban J connectivity index is 2.40. The lowest BCUT2D eigenvalue weighted by Gasteiger charge is -2.45. The van der Waals surface area contributed by atoms with Crippen LogP contribution in [0.1, 0.15) is 34.1 Å². The maximum Gasteiger partial charge on any atom is 0.405 e. The van der Waals surface area contributed by atoms with Crippen LogP contribution in [0.25, 0.3) is 0 Å². The third-order valence-corrected chi connectivity index (χ3v) is 4.77. The first-order valence-electron chi connectivity index (χ1n) is 10.5. The van der Waals surface area contributed by atoms with Crippen LogP contribution in [0.4, 0.5) is 4.79 Å². The highest BCUT2D eigenvalue weighted by atomic mass is 16.7. The highest BCUT2D eigenvalue weighted by molar-refractivity contribution is 5.68. The first kappa shape index (κ1) is 27.3. The van der Waals surface area contributed by atoms with Gasteiger partial charge in [-0.25, -0.2) is 4.79 Å². The van der Waals surface area contributed by atoms with Gasteiger partial charge in [0.05, 0.1) is 13.2 Å². The lowest BCUT2D eigenvalue weighted by Crippen LogP contribution is -2.64. The number of esters is 4. The van der Waals surface area contributed by atoms with Crippen LogP contribution in [0, 0.1) is 0 Å². The summed E-state index contributed by atoms with van der Waals surface area (Å²) in [6.07, 6.45) is -9.45. The highest BCUT2D eigenvalue weighted by Gasteiger charge is 2.54. The van der Waals surface area contributed by atoms with Crippen LogP contribution >= 0.6 is 0 Å². The van der Waals surface area contributed by atoms with Crippen molar-refractivity contribution in [3.8, 4) is 0 Å². The van der Waals surface area contributed by atoms with E-state index in [1.165, 1.54) is 6.92 Å². The average molecular weight is 491 g/mol. The van der Waals surface area contributed by atoms with E-state index in [9.17, 15) is 24.0 Å². The van der Waals surface area contributed by atoms with E-state index < -0.39 is 79.5 Å². The molecule has 0 bridgehead atoms. The molecular weight excluding hydrogens is 462 g/mol. The molecule has 14 nitrogen and oxygen atoms in total. The molecule has 2 N–H and O–H groups in total. The molecule has 2 heterocycles. The Hall–Kier alpha value is -2.97. The zero-order valence-electron chi connectivity index (χ0n) is 19.3. The summed E-state index contributed by atoms with van der Waals surface area (Å²) in [5.74, 6) is -2.78. The van der Waals surface area contributed by atoms with Gasteiger partial charge >= 0.3 is 30.0 Å². The fraction of sp³-hybridized carbons (Fsp3) is 0.750. The van der Waals surface area contributed by atoms with Crippen molar-refractivity contribution in [2.45, 2.75) is 77.0 Å². The number of rotatable bonds is 8. The quantitative estimate of drug-likeness (QED) is 0.333. The number of ether oxygens (including phenoxy) is 8. The predicted molar refractivity (Wildman–Crippen MR) is 107 cm³/mol. The van der Waals surface area contributed by atoms with Gasteiger partial charge in [0.15, 0.2) is 24.6 Å². The average Bonchev–Trinajstić information content (AvgIpc) is 2.71. The van der Waals surface area contributed by atoms with E-state index >= 15 is 0 Å². The fourth-order valence-electron chi connectivity index (χ4n) is 3.58. The van der Waals surface area contributed by atoms with Gasteiger partial charge in [0, 0.05) is 34.1 Å². The minimum absolute atomic E-state index is 0.00787. The zero-order chi connectivity index (χ0) is 25.4. The Morgan fingerprint density at radius 2 is 1.41 bits per heavy atom. The summed E-state index contributed by atoms with van der Waals surface area (Å²) in [7, 11) is 0. The zero-order valence-corrected chi connectivity index (χ0v) is 19.3. The van der Waals surface area contributed by atoms with Crippen molar-refractivity contribution in [3.63, 3.8) is 0 Å². The molecule has 2 rings (SSSR count). The summed E-state index contributed by atoms with van der Waals surface area (Å²) in [6.45, 7) is 4.47. The number of carbonyl (C=O) groups is 5. The van der Waals surface area contributed by atoms with E-state index in [2.05, 4.69) is 0 Å². The van der Waals surface area contributed by atoms with Gasteiger partial charge in [-0.1, -0.05) is 0 Å². The van der Waals surface area contributed by atoms with Gasteiger partial charge in [-0.15, -0.1) is 0 Å². The fourth-order valence-corrected chi connectivity index (χ4v) is 3.58. The van der Waals surface area contributed by atoms with Crippen molar-refractivity contribution < 1.29 is 61.9 Å². The maximum atomic E-state index is 11.8. The lowest BCUT2D eigenvalue weighted by atomic mass is 9.98. The van der Waals surface area contributed by atoms with Crippen LogP contribution in [0.15, 0.2) is 0 Å². The van der Waals surface area contributed by atoms with Crippen molar-refractivity contribution in [3.05, 3.63) is 0 Å². The van der Waals surface area contributed by atoms with Crippen LogP contribution in [-0.4, -0.2) is 92.7 Å². The Bertz CT molecular complexity index is 772. The van der Waals surface area contributed by atoms with Crippen molar-refractivity contribution in [1.29, 1.82) is 0 Å². The Kier molecular flexibility index (Phi) is 10.0. The first-order valence-corrected chi connectivity index (χ1v) is 10.5. The summed E-state index contributed by atoms with van der Waals surface area (Å²) in [5.41, 5.74) is 5.20. The third-order valence-electron chi connectivity index (χ3n) is 4.77. The Morgan fingerprint density at radius 1 is 0.794 bits per heavy atom. The smallest absolute Gasteiger partial charge is 0.405 e. The Labute approximate surface area is 195 Å². The Morgan fingerprint density at radius 3 is 1.97 bits per heavy atom. The monoisotopic (exact) mass is 491 g/mol. The first-order chi connectivity index (χ1) is 16.0. The van der Waals surface area contributed by atoms with E-state index in [0.29, 0.717) is 13.0 Å². The van der Waals surface area contributed by atoms with Gasteiger partial charge in [-0.2, -0.15) is 0 Å². The largest absolute Gasteiger partial charge is 0.463 e. The summed E-state index contributed by atoms with van der Waals surface area (Å²) >= 11 is 0. The van der Waals surface area contributed by atoms with E-state index in [1.54, 1.807) is 0 Å². The van der Waals surface area contributed by atoms with Gasteiger partial charge in [0.2, 0.25) is 0 Å². The minimum atomic E-state index is -1.48. The van der Waals surface area contributed by atoms with Gasteiger partial charge in [-0.3, -0.25) is 19.2 Å². The molecule has 2 saturated heterocycles. The molecule has 0 aromatic heterocycles. The van der Waals surface area contributed by atoms with Crippen LogP contribution in [-0.2, 0) is 57.1 Å². The van der Waals surface area contributed by atoms with Crippen molar-refractivity contribution >= 4 is 30.0 Å². The topological polar surface area (TPSA) is 185 Å². The molecule has 34 heavy (non-hydrogen) atoms. The number of hydrogen-bond donors (Lipinski definition) is 1. The molecule has 0 radical (unpaired) electrons.